The van der Waals surface area contributed by atoms with Crippen molar-refractivity contribution in [3.8, 4) is 0 Å². The van der Waals surface area contributed by atoms with Gasteiger partial charge in [0.2, 0.25) is 11.4 Å². The minimum atomic E-state index is -2.59. The summed E-state index contributed by atoms with van der Waals surface area (Å²) in [7, 11) is 0.975. The van der Waals surface area contributed by atoms with Gasteiger partial charge in [-0.2, -0.15) is 0 Å². The maximum absolute atomic E-state index is 11.3. The molecule has 0 fully saturated rings. The van der Waals surface area contributed by atoms with E-state index < -0.39 is 35.7 Å². The van der Waals surface area contributed by atoms with E-state index in [0.29, 0.717) is 0 Å². The van der Waals surface area contributed by atoms with Gasteiger partial charge in [-0.05, 0) is 13.8 Å². The first-order chi connectivity index (χ1) is 6.75. The second kappa shape index (κ2) is 4.99. The Morgan fingerprint density at radius 3 is 2.13 bits per heavy atom. The fourth-order valence-electron chi connectivity index (χ4n) is 1.13. The van der Waals surface area contributed by atoms with Crippen molar-refractivity contribution in [1.29, 1.82) is 0 Å². The average molecular weight is 218 g/mol. The van der Waals surface area contributed by atoms with Crippen molar-refractivity contribution in [2.75, 3.05) is 7.11 Å². The Morgan fingerprint density at radius 2 is 1.87 bits per heavy atom. The Bertz CT molecular complexity index is 282. The van der Waals surface area contributed by atoms with Gasteiger partial charge in [0.25, 0.3) is 0 Å². The quantitative estimate of drug-likeness (QED) is 0.445. The first kappa shape index (κ1) is 13.7. The average Bonchev–Trinajstić information content (AvgIpc) is 2.13. The summed E-state index contributed by atoms with van der Waals surface area (Å²) in [5.41, 5.74) is -2.59. The molecule has 15 heavy (non-hydrogen) atoms. The molecule has 0 heterocycles. The van der Waals surface area contributed by atoms with E-state index in [9.17, 15) is 19.5 Å². The molecule has 0 aliphatic carbocycles. The molecule has 0 aromatic rings. The topological polar surface area (TPSA) is 101 Å². The van der Waals surface area contributed by atoms with Gasteiger partial charge in [0.15, 0.2) is 0 Å². The molecule has 0 aliphatic heterocycles. The SMILES string of the molecule is COC(=O)C(O)(CC(C)=O)C(=O)C(C)O. The minimum Gasteiger partial charge on any atom is -0.467 e. The summed E-state index contributed by atoms with van der Waals surface area (Å²) in [6.45, 7) is 2.21. The van der Waals surface area contributed by atoms with E-state index >= 15 is 0 Å². The zero-order chi connectivity index (χ0) is 12.2. The summed E-state index contributed by atoms with van der Waals surface area (Å²) in [6, 6.07) is 0. The Labute approximate surface area is 86.8 Å². The Balaban J connectivity index is 5.10. The fraction of sp³-hybridized carbons (Fsp3) is 0.667. The van der Waals surface area contributed by atoms with Crippen molar-refractivity contribution < 1.29 is 29.3 Å². The van der Waals surface area contributed by atoms with Crippen molar-refractivity contribution in [3.05, 3.63) is 0 Å². The summed E-state index contributed by atoms with van der Waals surface area (Å²) >= 11 is 0. The molecule has 0 aromatic carbocycles. The molecule has 0 spiro atoms. The number of Topliss-reactive ketones (excluding diaryl/α,β-unsaturated/α-hetero) is 2. The van der Waals surface area contributed by atoms with E-state index in [-0.39, 0.29) is 0 Å². The summed E-state index contributed by atoms with van der Waals surface area (Å²) < 4.78 is 4.21. The van der Waals surface area contributed by atoms with E-state index in [1.165, 1.54) is 0 Å². The zero-order valence-electron chi connectivity index (χ0n) is 8.81. The zero-order valence-corrected chi connectivity index (χ0v) is 8.81. The van der Waals surface area contributed by atoms with Crippen LogP contribution in [0.4, 0.5) is 0 Å². The molecule has 6 nitrogen and oxygen atoms in total. The summed E-state index contributed by atoms with van der Waals surface area (Å²) in [6.07, 6.45) is -2.25. The van der Waals surface area contributed by atoms with Gasteiger partial charge in [-0.25, -0.2) is 4.79 Å². The molecule has 2 N–H and O–H groups in total. The predicted molar refractivity (Wildman–Crippen MR) is 49.0 cm³/mol. The second-order valence-corrected chi connectivity index (χ2v) is 3.27. The molecule has 0 amide bonds. The van der Waals surface area contributed by atoms with Crippen molar-refractivity contribution in [1.82, 2.24) is 0 Å². The van der Waals surface area contributed by atoms with E-state index in [0.717, 1.165) is 21.0 Å². The van der Waals surface area contributed by atoms with Crippen molar-refractivity contribution in [2.24, 2.45) is 0 Å². The standard InChI is InChI=1S/C9H14O6/c1-5(10)4-9(14,8(13)15-3)7(12)6(2)11/h6,11,14H,4H2,1-3H3. The summed E-state index contributed by atoms with van der Waals surface area (Å²) in [5, 5.41) is 18.7. The van der Waals surface area contributed by atoms with Crippen molar-refractivity contribution >= 4 is 17.5 Å². The van der Waals surface area contributed by atoms with Crippen LogP contribution in [0.25, 0.3) is 0 Å². The van der Waals surface area contributed by atoms with Crippen LogP contribution in [-0.4, -0.2) is 46.6 Å². The third-order valence-corrected chi connectivity index (χ3v) is 1.81. The highest BCUT2D eigenvalue weighted by atomic mass is 16.5. The van der Waals surface area contributed by atoms with Crippen LogP contribution in [0.3, 0.4) is 0 Å². The van der Waals surface area contributed by atoms with Gasteiger partial charge >= 0.3 is 5.97 Å². The number of aliphatic hydroxyl groups is 2. The van der Waals surface area contributed by atoms with Gasteiger partial charge in [0.1, 0.15) is 11.9 Å². The van der Waals surface area contributed by atoms with E-state index in [2.05, 4.69) is 4.74 Å². The smallest absolute Gasteiger partial charge is 0.346 e. The lowest BCUT2D eigenvalue weighted by atomic mass is 9.90. The molecular weight excluding hydrogens is 204 g/mol. The van der Waals surface area contributed by atoms with Crippen LogP contribution < -0.4 is 0 Å². The molecule has 0 bridgehead atoms. The lowest BCUT2D eigenvalue weighted by Gasteiger charge is -2.23. The molecule has 0 aromatic heterocycles. The number of carbonyl (C=O) groups is 3. The molecule has 2 unspecified atom stereocenters. The maximum Gasteiger partial charge on any atom is 0.346 e. The molecule has 0 saturated heterocycles. The van der Waals surface area contributed by atoms with Crippen LogP contribution >= 0.6 is 0 Å². The Hall–Kier alpha value is -1.27. The van der Waals surface area contributed by atoms with Crippen LogP contribution in [0.15, 0.2) is 0 Å². The van der Waals surface area contributed by atoms with E-state index in [4.69, 9.17) is 5.11 Å². The molecule has 6 heteroatoms. The number of rotatable bonds is 5. The van der Waals surface area contributed by atoms with Gasteiger partial charge in [0, 0.05) is 0 Å². The number of ether oxygens (including phenoxy) is 1. The first-order valence-corrected chi connectivity index (χ1v) is 4.28. The van der Waals surface area contributed by atoms with Gasteiger partial charge in [-0.1, -0.05) is 0 Å². The van der Waals surface area contributed by atoms with Gasteiger partial charge in [-0.3, -0.25) is 9.59 Å². The Morgan fingerprint density at radius 1 is 1.40 bits per heavy atom. The molecule has 0 radical (unpaired) electrons. The number of carbonyl (C=O) groups excluding carboxylic acids is 3. The number of methoxy groups -OCH3 is 1. The van der Waals surface area contributed by atoms with Gasteiger partial charge in [-0.15, -0.1) is 0 Å². The minimum absolute atomic E-state index is 0.558. The predicted octanol–water partition coefficient (Wildman–Crippen LogP) is -1.18. The first-order valence-electron chi connectivity index (χ1n) is 4.28. The largest absolute Gasteiger partial charge is 0.467 e. The van der Waals surface area contributed by atoms with Crippen LogP contribution in [-0.2, 0) is 19.1 Å². The summed E-state index contributed by atoms with van der Waals surface area (Å²) in [4.78, 5) is 33.3. The van der Waals surface area contributed by atoms with E-state index in [1.807, 2.05) is 0 Å². The molecule has 0 aliphatic rings. The summed E-state index contributed by atoms with van der Waals surface area (Å²) in [5.74, 6) is -2.95. The van der Waals surface area contributed by atoms with Crippen molar-refractivity contribution in [3.63, 3.8) is 0 Å². The second-order valence-electron chi connectivity index (χ2n) is 3.27. The number of aliphatic hydroxyl groups excluding tert-OH is 1. The van der Waals surface area contributed by atoms with Crippen LogP contribution in [0, 0.1) is 0 Å². The number of hydrogen-bond acceptors (Lipinski definition) is 6. The maximum atomic E-state index is 11.3. The highest BCUT2D eigenvalue weighted by Gasteiger charge is 2.47. The van der Waals surface area contributed by atoms with Gasteiger partial charge < -0.3 is 14.9 Å². The van der Waals surface area contributed by atoms with Gasteiger partial charge in [0.05, 0.1) is 13.5 Å². The normalized spacial score (nSPS) is 16.3. The van der Waals surface area contributed by atoms with Crippen LogP contribution in [0.1, 0.15) is 20.3 Å². The third-order valence-electron chi connectivity index (χ3n) is 1.81. The number of esters is 1. The highest BCUT2D eigenvalue weighted by Crippen LogP contribution is 2.16. The highest BCUT2D eigenvalue weighted by molar-refractivity contribution is 6.11. The lowest BCUT2D eigenvalue weighted by Crippen LogP contribution is -2.52. The Kier molecular flexibility index (Phi) is 4.57. The molecule has 0 saturated carbocycles. The molecule has 0 rings (SSSR count). The van der Waals surface area contributed by atoms with E-state index in [1.54, 1.807) is 0 Å². The molecule has 86 valence electrons. The molecule has 2 atom stereocenters. The number of ketones is 2. The monoisotopic (exact) mass is 218 g/mol. The lowest BCUT2D eigenvalue weighted by molar-refractivity contribution is -0.173. The van der Waals surface area contributed by atoms with Crippen molar-refractivity contribution in [2.45, 2.75) is 32.0 Å². The third kappa shape index (κ3) is 3.10. The molecular formula is C9H14O6. The number of hydrogen-bond donors (Lipinski definition) is 2. The van der Waals surface area contributed by atoms with Crippen LogP contribution in [0.2, 0.25) is 0 Å². The fourth-order valence-corrected chi connectivity index (χ4v) is 1.13. The van der Waals surface area contributed by atoms with Crippen LogP contribution in [0.5, 0.6) is 0 Å².